The van der Waals surface area contributed by atoms with E-state index in [0.29, 0.717) is 19.6 Å². The molecule has 1 aliphatic rings. The molecule has 7 heteroatoms. The average Bonchev–Trinajstić information content (AvgIpc) is 3.21. The van der Waals surface area contributed by atoms with Crippen LogP contribution in [0.4, 0.5) is 0 Å². The number of hydrazine groups is 1. The first-order valence-corrected chi connectivity index (χ1v) is 9.36. The van der Waals surface area contributed by atoms with Crippen LogP contribution in [0.1, 0.15) is 34.1 Å². The topological polar surface area (TPSA) is 82.4 Å². The first kappa shape index (κ1) is 19.5. The Bertz CT molecular complexity index is 817. The van der Waals surface area contributed by atoms with Gasteiger partial charge in [-0.1, -0.05) is 29.8 Å². The molecule has 1 fully saturated rings. The van der Waals surface area contributed by atoms with E-state index in [4.69, 9.17) is 0 Å². The van der Waals surface area contributed by atoms with Gasteiger partial charge in [-0.3, -0.25) is 14.9 Å². The number of amides is 1. The number of nitrogens with zero attached hydrogens (tertiary/aromatic N) is 3. The van der Waals surface area contributed by atoms with E-state index in [0.717, 1.165) is 22.5 Å². The molecule has 0 bridgehead atoms. The molecule has 27 heavy (non-hydrogen) atoms. The highest BCUT2D eigenvalue weighted by molar-refractivity contribution is 5.80. The second-order valence-corrected chi connectivity index (χ2v) is 7.28. The van der Waals surface area contributed by atoms with Crippen molar-refractivity contribution in [2.45, 2.75) is 33.4 Å². The summed E-state index contributed by atoms with van der Waals surface area (Å²) in [4.78, 5) is 15.1. The number of hydrogen-bond donors (Lipinski definition) is 3. The third-order valence-electron chi connectivity index (χ3n) is 5.39. The number of nitrogens with one attached hydrogen (secondary N) is 2. The molecule has 1 amide bonds. The van der Waals surface area contributed by atoms with Gasteiger partial charge in [0.15, 0.2) is 0 Å². The predicted molar refractivity (Wildman–Crippen MR) is 104 cm³/mol. The molecule has 2 atom stereocenters. The molecule has 1 aliphatic heterocycles. The van der Waals surface area contributed by atoms with Crippen molar-refractivity contribution in [3.63, 3.8) is 0 Å². The third kappa shape index (κ3) is 4.05. The maximum absolute atomic E-state index is 13.3. The van der Waals surface area contributed by atoms with E-state index in [1.54, 1.807) is 4.90 Å². The minimum atomic E-state index is -0.226. The van der Waals surface area contributed by atoms with Crippen LogP contribution < -0.4 is 10.9 Å². The molecular formula is C20H29N5O2. The second kappa shape index (κ2) is 8.21. The number of aliphatic hydroxyl groups is 1. The molecule has 2 aromatic rings. The predicted octanol–water partition coefficient (Wildman–Crippen LogP) is 1.13. The maximum Gasteiger partial charge on any atom is 0.229 e. The Kier molecular flexibility index (Phi) is 5.94. The summed E-state index contributed by atoms with van der Waals surface area (Å²) in [5.74, 6) is -0.189. The zero-order valence-electron chi connectivity index (χ0n) is 16.5. The fourth-order valence-electron chi connectivity index (χ4n) is 3.77. The van der Waals surface area contributed by atoms with Gasteiger partial charge in [-0.05, 0) is 26.3 Å². The van der Waals surface area contributed by atoms with Crippen molar-refractivity contribution < 1.29 is 9.90 Å². The molecule has 7 nitrogen and oxygen atoms in total. The molecule has 146 valence electrons. The second-order valence-electron chi connectivity index (χ2n) is 7.28. The SMILES string of the molecule is Cc1cccc(C2NNCC2C(=O)N(CCO)Cc2c(C)nn(C)c2C)c1. The van der Waals surface area contributed by atoms with Gasteiger partial charge in [-0.2, -0.15) is 5.10 Å². The van der Waals surface area contributed by atoms with E-state index in [1.807, 2.05) is 37.7 Å². The van der Waals surface area contributed by atoms with E-state index < -0.39 is 0 Å². The van der Waals surface area contributed by atoms with Gasteiger partial charge in [-0.25, -0.2) is 5.43 Å². The molecule has 0 spiro atoms. The first-order valence-electron chi connectivity index (χ1n) is 9.36. The van der Waals surface area contributed by atoms with Crippen LogP contribution >= 0.6 is 0 Å². The highest BCUT2D eigenvalue weighted by atomic mass is 16.3. The number of hydrogen-bond acceptors (Lipinski definition) is 5. The summed E-state index contributed by atoms with van der Waals surface area (Å²) >= 11 is 0. The normalized spacial score (nSPS) is 19.4. The Labute approximate surface area is 160 Å². The number of aryl methyl sites for hydroxylation is 3. The van der Waals surface area contributed by atoms with E-state index >= 15 is 0 Å². The van der Waals surface area contributed by atoms with Crippen LogP contribution in [-0.2, 0) is 18.4 Å². The van der Waals surface area contributed by atoms with Crippen LogP contribution in [0.25, 0.3) is 0 Å². The minimum absolute atomic E-state index is 0.0377. The molecule has 1 aromatic carbocycles. The molecule has 3 N–H and O–H groups in total. The number of aliphatic hydroxyl groups excluding tert-OH is 1. The van der Waals surface area contributed by atoms with Crippen LogP contribution in [0.2, 0.25) is 0 Å². The van der Waals surface area contributed by atoms with Gasteiger partial charge in [0.05, 0.1) is 24.3 Å². The van der Waals surface area contributed by atoms with E-state index in [1.165, 1.54) is 5.56 Å². The molecule has 1 aromatic heterocycles. The monoisotopic (exact) mass is 371 g/mol. The van der Waals surface area contributed by atoms with E-state index in [-0.39, 0.29) is 24.5 Å². The highest BCUT2D eigenvalue weighted by Crippen LogP contribution is 2.28. The van der Waals surface area contributed by atoms with Crippen LogP contribution in [0.15, 0.2) is 24.3 Å². The fraction of sp³-hybridized carbons (Fsp3) is 0.500. The quantitative estimate of drug-likeness (QED) is 0.709. The summed E-state index contributed by atoms with van der Waals surface area (Å²) in [5.41, 5.74) is 11.6. The maximum atomic E-state index is 13.3. The first-order chi connectivity index (χ1) is 12.9. The Morgan fingerprint density at radius 1 is 1.37 bits per heavy atom. The zero-order chi connectivity index (χ0) is 19.6. The van der Waals surface area contributed by atoms with Crippen molar-refractivity contribution in [3.8, 4) is 0 Å². The lowest BCUT2D eigenvalue weighted by atomic mass is 9.92. The lowest BCUT2D eigenvalue weighted by Crippen LogP contribution is -2.40. The summed E-state index contributed by atoms with van der Waals surface area (Å²) in [5, 5.41) is 14.0. The van der Waals surface area contributed by atoms with Crippen molar-refractivity contribution in [3.05, 3.63) is 52.3 Å². The molecule has 2 heterocycles. The molecule has 0 aliphatic carbocycles. The zero-order valence-corrected chi connectivity index (χ0v) is 16.5. The molecule has 0 saturated carbocycles. The lowest BCUT2D eigenvalue weighted by Gasteiger charge is -2.27. The van der Waals surface area contributed by atoms with Gasteiger partial charge in [0, 0.05) is 37.9 Å². The number of carbonyl (C=O) groups excluding carboxylic acids is 1. The molecule has 2 unspecified atom stereocenters. The van der Waals surface area contributed by atoms with Crippen molar-refractivity contribution in [2.24, 2.45) is 13.0 Å². The third-order valence-corrected chi connectivity index (χ3v) is 5.39. The largest absolute Gasteiger partial charge is 0.395 e. The van der Waals surface area contributed by atoms with Gasteiger partial charge in [-0.15, -0.1) is 0 Å². The van der Waals surface area contributed by atoms with Crippen molar-refractivity contribution in [1.82, 2.24) is 25.5 Å². The van der Waals surface area contributed by atoms with Gasteiger partial charge in [0.1, 0.15) is 0 Å². The summed E-state index contributed by atoms with van der Waals surface area (Å²) in [7, 11) is 1.91. The van der Waals surface area contributed by atoms with Crippen molar-refractivity contribution in [2.75, 3.05) is 19.7 Å². The van der Waals surface area contributed by atoms with Crippen LogP contribution in [0.5, 0.6) is 0 Å². The summed E-state index contributed by atoms with van der Waals surface area (Å²) in [6.45, 7) is 7.28. The molecule has 0 radical (unpaired) electrons. The van der Waals surface area contributed by atoms with Crippen molar-refractivity contribution >= 4 is 5.91 Å². The molecule has 3 rings (SSSR count). The number of aromatic nitrogens is 2. The fourth-order valence-corrected chi connectivity index (χ4v) is 3.77. The molecule has 1 saturated heterocycles. The number of benzene rings is 1. The van der Waals surface area contributed by atoms with Crippen LogP contribution in [-0.4, -0.2) is 45.4 Å². The smallest absolute Gasteiger partial charge is 0.229 e. The van der Waals surface area contributed by atoms with Gasteiger partial charge in [0.25, 0.3) is 0 Å². The van der Waals surface area contributed by atoms with Crippen LogP contribution in [0.3, 0.4) is 0 Å². The van der Waals surface area contributed by atoms with Gasteiger partial charge in [0.2, 0.25) is 5.91 Å². The Morgan fingerprint density at radius 2 is 2.15 bits per heavy atom. The minimum Gasteiger partial charge on any atom is -0.395 e. The summed E-state index contributed by atoms with van der Waals surface area (Å²) < 4.78 is 1.83. The average molecular weight is 371 g/mol. The Morgan fingerprint density at radius 3 is 2.78 bits per heavy atom. The van der Waals surface area contributed by atoms with E-state index in [9.17, 15) is 9.90 Å². The number of rotatable bonds is 6. The molecular weight excluding hydrogens is 342 g/mol. The van der Waals surface area contributed by atoms with E-state index in [2.05, 4.69) is 35.0 Å². The standard InChI is InChI=1S/C20H29N5O2/c1-13-6-5-7-16(10-13)19-17(11-21-22-19)20(27)25(8-9-26)12-18-14(2)23-24(4)15(18)3/h5-7,10,17,19,21-22,26H,8-9,11-12H2,1-4H3. The Balaban J connectivity index is 1.83. The van der Waals surface area contributed by atoms with Crippen molar-refractivity contribution in [1.29, 1.82) is 0 Å². The summed E-state index contributed by atoms with van der Waals surface area (Å²) in [6.07, 6.45) is 0. The Hall–Kier alpha value is -2.22. The lowest BCUT2D eigenvalue weighted by molar-refractivity contribution is -0.136. The van der Waals surface area contributed by atoms with Gasteiger partial charge >= 0.3 is 0 Å². The van der Waals surface area contributed by atoms with Gasteiger partial charge < -0.3 is 10.0 Å². The van der Waals surface area contributed by atoms with Crippen LogP contribution in [0, 0.1) is 26.7 Å². The highest BCUT2D eigenvalue weighted by Gasteiger charge is 2.36. The summed E-state index contributed by atoms with van der Waals surface area (Å²) in [6, 6.07) is 8.13. The number of carbonyl (C=O) groups is 1.